The fraction of sp³-hybridized carbons (Fsp3) is 1.00. The quantitative estimate of drug-likeness (QED) is 0.777. The monoisotopic (exact) mass is 225 g/mol. The standard InChI is InChI=1S/C13H27N3/c1-11(14-3)12(2)16-9-5-8-15-7-4-6-13(15)10-16/h11-14H,4-10H2,1-3H3. The summed E-state index contributed by atoms with van der Waals surface area (Å²) in [7, 11) is 2.07. The van der Waals surface area contributed by atoms with Crippen LogP contribution in [-0.2, 0) is 0 Å². The van der Waals surface area contributed by atoms with Crippen LogP contribution >= 0.6 is 0 Å². The second-order valence-corrected chi connectivity index (χ2v) is 5.50. The minimum absolute atomic E-state index is 0.591. The summed E-state index contributed by atoms with van der Waals surface area (Å²) in [6.07, 6.45) is 4.17. The molecule has 2 aliphatic rings. The molecule has 2 heterocycles. The van der Waals surface area contributed by atoms with Gasteiger partial charge in [-0.3, -0.25) is 9.80 Å². The molecule has 2 rings (SSSR count). The van der Waals surface area contributed by atoms with E-state index >= 15 is 0 Å². The molecule has 3 atom stereocenters. The second-order valence-electron chi connectivity index (χ2n) is 5.50. The van der Waals surface area contributed by atoms with E-state index in [1.165, 1.54) is 45.4 Å². The summed E-state index contributed by atoms with van der Waals surface area (Å²) in [6.45, 7) is 9.89. The van der Waals surface area contributed by atoms with E-state index < -0.39 is 0 Å². The Kier molecular flexibility index (Phi) is 4.22. The fourth-order valence-electron chi connectivity index (χ4n) is 3.16. The molecule has 0 amide bonds. The molecule has 0 aromatic heterocycles. The van der Waals surface area contributed by atoms with Crippen LogP contribution in [0.3, 0.4) is 0 Å². The highest BCUT2D eigenvalue weighted by atomic mass is 15.3. The normalized spacial score (nSPS) is 32.1. The predicted octanol–water partition coefficient (Wildman–Crippen LogP) is 1.15. The highest BCUT2D eigenvalue weighted by Crippen LogP contribution is 2.22. The van der Waals surface area contributed by atoms with Gasteiger partial charge >= 0.3 is 0 Å². The molecule has 0 bridgehead atoms. The minimum Gasteiger partial charge on any atom is -0.316 e. The van der Waals surface area contributed by atoms with Crippen molar-refractivity contribution >= 4 is 0 Å². The van der Waals surface area contributed by atoms with Gasteiger partial charge in [-0.25, -0.2) is 0 Å². The molecule has 16 heavy (non-hydrogen) atoms. The average molecular weight is 225 g/mol. The van der Waals surface area contributed by atoms with Crippen LogP contribution in [0.2, 0.25) is 0 Å². The highest BCUT2D eigenvalue weighted by Gasteiger charge is 2.31. The van der Waals surface area contributed by atoms with Gasteiger partial charge in [-0.05, 0) is 59.8 Å². The lowest BCUT2D eigenvalue weighted by molar-refractivity contribution is 0.159. The van der Waals surface area contributed by atoms with E-state index in [0.717, 1.165) is 6.04 Å². The van der Waals surface area contributed by atoms with Gasteiger partial charge in [0.25, 0.3) is 0 Å². The van der Waals surface area contributed by atoms with Gasteiger partial charge in [-0.2, -0.15) is 0 Å². The third-order valence-electron chi connectivity index (χ3n) is 4.59. The van der Waals surface area contributed by atoms with E-state index in [1.807, 2.05) is 0 Å². The van der Waals surface area contributed by atoms with E-state index in [0.29, 0.717) is 12.1 Å². The van der Waals surface area contributed by atoms with Crippen molar-refractivity contribution in [3.63, 3.8) is 0 Å². The first-order valence-electron chi connectivity index (χ1n) is 6.87. The highest BCUT2D eigenvalue weighted by molar-refractivity contribution is 4.88. The van der Waals surface area contributed by atoms with Crippen molar-refractivity contribution in [1.29, 1.82) is 0 Å². The van der Waals surface area contributed by atoms with Gasteiger partial charge in [-0.1, -0.05) is 0 Å². The molecule has 3 unspecified atom stereocenters. The third kappa shape index (κ3) is 2.58. The lowest BCUT2D eigenvalue weighted by atomic mass is 10.1. The van der Waals surface area contributed by atoms with Crippen LogP contribution in [0.15, 0.2) is 0 Å². The Hall–Kier alpha value is -0.120. The first-order chi connectivity index (χ1) is 7.72. The zero-order valence-corrected chi connectivity index (χ0v) is 11.1. The van der Waals surface area contributed by atoms with Gasteiger partial charge in [0.05, 0.1) is 0 Å². The van der Waals surface area contributed by atoms with E-state index in [9.17, 15) is 0 Å². The molecule has 0 radical (unpaired) electrons. The van der Waals surface area contributed by atoms with E-state index in [4.69, 9.17) is 0 Å². The first-order valence-corrected chi connectivity index (χ1v) is 6.87. The van der Waals surface area contributed by atoms with E-state index in [2.05, 4.69) is 36.0 Å². The topological polar surface area (TPSA) is 18.5 Å². The van der Waals surface area contributed by atoms with Crippen molar-refractivity contribution in [3.05, 3.63) is 0 Å². The molecule has 0 aromatic carbocycles. The largest absolute Gasteiger partial charge is 0.316 e. The molecule has 2 aliphatic heterocycles. The molecule has 3 nitrogen and oxygen atoms in total. The Morgan fingerprint density at radius 2 is 1.88 bits per heavy atom. The SMILES string of the molecule is CNC(C)C(C)N1CCCN2CCCC2C1. The van der Waals surface area contributed by atoms with Gasteiger partial charge in [0.15, 0.2) is 0 Å². The van der Waals surface area contributed by atoms with Gasteiger partial charge in [0, 0.05) is 24.7 Å². The molecule has 94 valence electrons. The molecular weight excluding hydrogens is 198 g/mol. The number of nitrogens with one attached hydrogen (secondary N) is 1. The Balaban J connectivity index is 1.94. The Morgan fingerprint density at radius 3 is 2.62 bits per heavy atom. The van der Waals surface area contributed by atoms with Crippen LogP contribution in [0.25, 0.3) is 0 Å². The summed E-state index contributed by atoms with van der Waals surface area (Å²) in [5, 5.41) is 3.39. The van der Waals surface area contributed by atoms with Gasteiger partial charge in [-0.15, -0.1) is 0 Å². The van der Waals surface area contributed by atoms with E-state index in [-0.39, 0.29) is 0 Å². The third-order valence-corrected chi connectivity index (χ3v) is 4.59. The Morgan fingerprint density at radius 1 is 1.12 bits per heavy atom. The summed E-state index contributed by atoms with van der Waals surface area (Å²) >= 11 is 0. The molecule has 0 aliphatic carbocycles. The molecule has 2 fully saturated rings. The molecule has 2 saturated heterocycles. The number of hydrogen-bond acceptors (Lipinski definition) is 3. The molecule has 0 spiro atoms. The van der Waals surface area contributed by atoms with Gasteiger partial charge < -0.3 is 5.32 Å². The zero-order valence-electron chi connectivity index (χ0n) is 11.1. The lowest BCUT2D eigenvalue weighted by Crippen LogP contribution is -2.48. The molecular formula is C13H27N3. The number of hydrogen-bond donors (Lipinski definition) is 1. The van der Waals surface area contributed by atoms with Crippen molar-refractivity contribution in [1.82, 2.24) is 15.1 Å². The maximum Gasteiger partial charge on any atom is 0.0223 e. The van der Waals surface area contributed by atoms with E-state index in [1.54, 1.807) is 0 Å². The van der Waals surface area contributed by atoms with Crippen molar-refractivity contribution in [2.24, 2.45) is 0 Å². The molecule has 3 heteroatoms. The van der Waals surface area contributed by atoms with Crippen LogP contribution < -0.4 is 5.32 Å². The maximum atomic E-state index is 3.39. The van der Waals surface area contributed by atoms with Gasteiger partial charge in [0.2, 0.25) is 0 Å². The number of nitrogens with zero attached hydrogens (tertiary/aromatic N) is 2. The van der Waals surface area contributed by atoms with Crippen LogP contribution in [0.4, 0.5) is 0 Å². The summed E-state index contributed by atoms with van der Waals surface area (Å²) < 4.78 is 0. The maximum absolute atomic E-state index is 3.39. The van der Waals surface area contributed by atoms with Crippen molar-refractivity contribution < 1.29 is 0 Å². The second kappa shape index (κ2) is 5.48. The first kappa shape index (κ1) is 12.3. The van der Waals surface area contributed by atoms with Crippen LogP contribution in [0, 0.1) is 0 Å². The van der Waals surface area contributed by atoms with Gasteiger partial charge in [0.1, 0.15) is 0 Å². The summed E-state index contributed by atoms with van der Waals surface area (Å²) in [5.74, 6) is 0. The smallest absolute Gasteiger partial charge is 0.0223 e. The van der Waals surface area contributed by atoms with Crippen molar-refractivity contribution in [3.8, 4) is 0 Å². The minimum atomic E-state index is 0.591. The molecule has 0 saturated carbocycles. The van der Waals surface area contributed by atoms with Crippen LogP contribution in [-0.4, -0.2) is 61.2 Å². The lowest BCUT2D eigenvalue weighted by Gasteiger charge is -2.34. The number of fused-ring (bicyclic) bond motifs is 1. The van der Waals surface area contributed by atoms with Crippen molar-refractivity contribution in [2.75, 3.05) is 33.2 Å². The Bertz CT molecular complexity index is 219. The van der Waals surface area contributed by atoms with Crippen LogP contribution in [0.1, 0.15) is 33.1 Å². The zero-order chi connectivity index (χ0) is 11.5. The number of likely N-dealkylation sites (N-methyl/N-ethyl adjacent to an activating group) is 1. The fourth-order valence-corrected chi connectivity index (χ4v) is 3.16. The molecule has 1 N–H and O–H groups in total. The molecule has 0 aromatic rings. The van der Waals surface area contributed by atoms with Crippen molar-refractivity contribution in [2.45, 2.75) is 51.2 Å². The summed E-state index contributed by atoms with van der Waals surface area (Å²) in [6, 6.07) is 2.09. The summed E-state index contributed by atoms with van der Waals surface area (Å²) in [4.78, 5) is 5.40. The van der Waals surface area contributed by atoms with Crippen LogP contribution in [0.5, 0.6) is 0 Å². The Labute approximate surface area is 100 Å². The summed E-state index contributed by atoms with van der Waals surface area (Å²) in [5.41, 5.74) is 0. The number of rotatable bonds is 3. The predicted molar refractivity (Wildman–Crippen MR) is 68.8 cm³/mol. The average Bonchev–Trinajstić information content (AvgIpc) is 2.64.